The zero-order valence-electron chi connectivity index (χ0n) is 15.4. The van der Waals surface area contributed by atoms with Gasteiger partial charge in [-0.15, -0.1) is 0 Å². The van der Waals surface area contributed by atoms with Crippen LogP contribution >= 0.6 is 0 Å². The predicted molar refractivity (Wildman–Crippen MR) is 98.2 cm³/mol. The first-order chi connectivity index (χ1) is 12.8. The lowest BCUT2D eigenvalue weighted by molar-refractivity contribution is 0.0465. The van der Waals surface area contributed by atoms with Gasteiger partial charge in [0.1, 0.15) is 5.60 Å². The molecule has 1 aliphatic heterocycles. The Balaban J connectivity index is 1.83. The standard InChI is InChI=1S/C20H21N3O4/c1-20(2,3)27-19(26)22-16(15-10-6-7-11-21-15)12-23-17(24)13-8-4-5-9-14(13)18(23)25/h4-11,16H,12H2,1-3H3,(H,22,26)/t16-/m0/s1. The third-order valence-electron chi connectivity index (χ3n) is 3.98. The number of nitrogens with zero attached hydrogens (tertiary/aromatic N) is 2. The van der Waals surface area contributed by atoms with Gasteiger partial charge in [0.2, 0.25) is 0 Å². The molecule has 3 rings (SSSR count). The maximum absolute atomic E-state index is 12.6. The molecule has 7 heteroatoms. The number of carbonyl (C=O) groups excluding carboxylic acids is 3. The second-order valence-electron chi connectivity index (χ2n) is 7.22. The number of ether oxygens (including phenoxy) is 1. The van der Waals surface area contributed by atoms with Gasteiger partial charge in [-0.1, -0.05) is 18.2 Å². The van der Waals surface area contributed by atoms with Crippen LogP contribution in [0.1, 0.15) is 53.2 Å². The number of amides is 3. The molecule has 7 nitrogen and oxygen atoms in total. The van der Waals surface area contributed by atoms with Crippen molar-refractivity contribution < 1.29 is 19.1 Å². The molecule has 0 saturated heterocycles. The quantitative estimate of drug-likeness (QED) is 0.840. The Bertz CT molecular complexity index is 839. The fraction of sp³-hybridized carbons (Fsp3) is 0.300. The molecular formula is C20H21N3O4. The van der Waals surface area contributed by atoms with Crippen molar-refractivity contribution in [3.05, 3.63) is 65.5 Å². The monoisotopic (exact) mass is 367 g/mol. The second-order valence-corrected chi connectivity index (χ2v) is 7.22. The molecule has 3 amide bonds. The molecule has 2 heterocycles. The zero-order chi connectivity index (χ0) is 19.6. The van der Waals surface area contributed by atoms with E-state index in [0.29, 0.717) is 16.8 Å². The minimum atomic E-state index is -0.691. The minimum absolute atomic E-state index is 0.0391. The maximum Gasteiger partial charge on any atom is 0.408 e. The van der Waals surface area contributed by atoms with Gasteiger partial charge in [0.15, 0.2) is 0 Å². The molecular weight excluding hydrogens is 346 g/mol. The van der Waals surface area contributed by atoms with E-state index in [0.717, 1.165) is 4.90 Å². The number of pyridine rings is 1. The number of hydrogen-bond donors (Lipinski definition) is 1. The lowest BCUT2D eigenvalue weighted by Gasteiger charge is -2.25. The molecule has 0 fully saturated rings. The maximum atomic E-state index is 12.6. The highest BCUT2D eigenvalue weighted by atomic mass is 16.6. The first kappa shape index (κ1) is 18.6. The normalized spacial score (nSPS) is 14.7. The van der Waals surface area contributed by atoms with Gasteiger partial charge in [0.25, 0.3) is 11.8 Å². The van der Waals surface area contributed by atoms with Gasteiger partial charge in [-0.2, -0.15) is 0 Å². The summed E-state index contributed by atoms with van der Waals surface area (Å²) in [7, 11) is 0. The van der Waals surface area contributed by atoms with Gasteiger partial charge >= 0.3 is 6.09 Å². The summed E-state index contributed by atoms with van der Waals surface area (Å²) < 4.78 is 5.30. The Morgan fingerprint density at radius 2 is 1.67 bits per heavy atom. The molecule has 1 N–H and O–H groups in total. The fourth-order valence-electron chi connectivity index (χ4n) is 2.83. The van der Waals surface area contributed by atoms with E-state index in [1.54, 1.807) is 69.4 Å². The molecule has 1 aliphatic rings. The zero-order valence-corrected chi connectivity index (χ0v) is 15.4. The van der Waals surface area contributed by atoms with Crippen molar-refractivity contribution in [3.8, 4) is 0 Å². The van der Waals surface area contributed by atoms with Crippen molar-refractivity contribution in [3.63, 3.8) is 0 Å². The van der Waals surface area contributed by atoms with Gasteiger partial charge in [-0.3, -0.25) is 19.5 Å². The summed E-state index contributed by atoms with van der Waals surface area (Å²) in [6.07, 6.45) is 0.941. The van der Waals surface area contributed by atoms with Crippen molar-refractivity contribution in [2.45, 2.75) is 32.4 Å². The average Bonchev–Trinajstić information content (AvgIpc) is 2.85. The topological polar surface area (TPSA) is 88.6 Å². The van der Waals surface area contributed by atoms with E-state index in [2.05, 4.69) is 10.3 Å². The predicted octanol–water partition coefficient (Wildman–Crippen LogP) is 2.94. The molecule has 0 unspecified atom stereocenters. The molecule has 140 valence electrons. The fourth-order valence-corrected chi connectivity index (χ4v) is 2.83. The third-order valence-corrected chi connectivity index (χ3v) is 3.98. The van der Waals surface area contributed by atoms with Crippen molar-refractivity contribution in [2.24, 2.45) is 0 Å². The van der Waals surface area contributed by atoms with Crippen LogP contribution in [0.2, 0.25) is 0 Å². The summed E-state index contributed by atoms with van der Waals surface area (Å²) in [6, 6.07) is 11.2. The molecule has 27 heavy (non-hydrogen) atoms. The van der Waals surface area contributed by atoms with Gasteiger partial charge in [0, 0.05) is 6.20 Å². The average molecular weight is 367 g/mol. The lowest BCUT2D eigenvalue weighted by Crippen LogP contribution is -2.42. The highest BCUT2D eigenvalue weighted by Crippen LogP contribution is 2.25. The van der Waals surface area contributed by atoms with Gasteiger partial charge in [-0.05, 0) is 45.0 Å². The minimum Gasteiger partial charge on any atom is -0.444 e. The summed E-state index contributed by atoms with van der Waals surface area (Å²) >= 11 is 0. The van der Waals surface area contributed by atoms with E-state index in [1.807, 2.05) is 0 Å². The van der Waals surface area contributed by atoms with Crippen molar-refractivity contribution >= 4 is 17.9 Å². The Kier molecular flexibility index (Phi) is 4.94. The van der Waals surface area contributed by atoms with Gasteiger partial charge < -0.3 is 10.1 Å². The number of imide groups is 1. The molecule has 0 bridgehead atoms. The van der Waals surface area contributed by atoms with Crippen LogP contribution in [-0.4, -0.2) is 39.9 Å². The molecule has 0 aliphatic carbocycles. The molecule has 0 radical (unpaired) electrons. The highest BCUT2D eigenvalue weighted by molar-refractivity contribution is 6.21. The molecule has 0 saturated carbocycles. The number of aromatic nitrogens is 1. The van der Waals surface area contributed by atoms with Crippen LogP contribution in [0.5, 0.6) is 0 Å². The number of benzene rings is 1. The molecule has 2 aromatic rings. The molecule has 1 aromatic carbocycles. The Hall–Kier alpha value is -3.22. The number of nitrogens with one attached hydrogen (secondary N) is 1. The van der Waals surface area contributed by atoms with Crippen LogP contribution in [0.15, 0.2) is 48.7 Å². The van der Waals surface area contributed by atoms with E-state index in [1.165, 1.54) is 0 Å². The molecule has 0 spiro atoms. The van der Waals surface area contributed by atoms with Crippen molar-refractivity contribution in [2.75, 3.05) is 6.54 Å². The Morgan fingerprint density at radius 3 is 2.19 bits per heavy atom. The summed E-state index contributed by atoms with van der Waals surface area (Å²) in [5.41, 5.74) is 0.577. The van der Waals surface area contributed by atoms with E-state index in [4.69, 9.17) is 4.74 Å². The first-order valence-corrected chi connectivity index (χ1v) is 8.62. The summed E-state index contributed by atoms with van der Waals surface area (Å²) in [6.45, 7) is 5.23. The first-order valence-electron chi connectivity index (χ1n) is 8.62. The van der Waals surface area contributed by atoms with Crippen LogP contribution in [-0.2, 0) is 4.74 Å². The molecule has 1 aromatic heterocycles. The number of rotatable bonds is 4. The Morgan fingerprint density at radius 1 is 1.07 bits per heavy atom. The van der Waals surface area contributed by atoms with E-state index < -0.39 is 17.7 Å². The van der Waals surface area contributed by atoms with E-state index in [9.17, 15) is 14.4 Å². The van der Waals surface area contributed by atoms with Crippen LogP contribution in [0.4, 0.5) is 4.79 Å². The number of hydrogen-bond acceptors (Lipinski definition) is 5. The van der Waals surface area contributed by atoms with Crippen molar-refractivity contribution in [1.82, 2.24) is 15.2 Å². The van der Waals surface area contributed by atoms with Crippen molar-refractivity contribution in [1.29, 1.82) is 0 Å². The SMILES string of the molecule is CC(C)(C)OC(=O)N[C@@H](CN1C(=O)c2ccccc2C1=O)c1ccccn1. The van der Waals surface area contributed by atoms with Crippen LogP contribution in [0.25, 0.3) is 0 Å². The molecule has 1 atom stereocenters. The van der Waals surface area contributed by atoms with Crippen LogP contribution in [0, 0.1) is 0 Å². The highest BCUT2D eigenvalue weighted by Gasteiger charge is 2.37. The Labute approximate surface area is 157 Å². The van der Waals surface area contributed by atoms with Gasteiger partial charge in [0.05, 0.1) is 29.4 Å². The van der Waals surface area contributed by atoms with Crippen LogP contribution in [0.3, 0.4) is 0 Å². The number of alkyl carbamates (subject to hydrolysis) is 1. The summed E-state index contributed by atoms with van der Waals surface area (Å²) in [5.74, 6) is -0.773. The van der Waals surface area contributed by atoms with E-state index >= 15 is 0 Å². The summed E-state index contributed by atoms with van der Waals surface area (Å²) in [4.78, 5) is 42.9. The summed E-state index contributed by atoms with van der Waals surface area (Å²) in [5, 5.41) is 2.71. The largest absolute Gasteiger partial charge is 0.444 e. The second kappa shape index (κ2) is 7.19. The van der Waals surface area contributed by atoms with Crippen LogP contribution < -0.4 is 5.32 Å². The smallest absolute Gasteiger partial charge is 0.408 e. The number of fused-ring (bicyclic) bond motifs is 1. The third kappa shape index (κ3) is 4.13. The van der Waals surface area contributed by atoms with Gasteiger partial charge in [-0.25, -0.2) is 4.79 Å². The van der Waals surface area contributed by atoms with E-state index in [-0.39, 0.29) is 18.4 Å². The lowest BCUT2D eigenvalue weighted by atomic mass is 10.1. The number of carbonyl (C=O) groups is 3.